The number of para-hydroxylation sites is 1. The van der Waals surface area contributed by atoms with E-state index < -0.39 is 11.7 Å². The van der Waals surface area contributed by atoms with Crippen molar-refractivity contribution >= 4 is 11.6 Å². The maximum absolute atomic E-state index is 14.0. The van der Waals surface area contributed by atoms with Crippen molar-refractivity contribution in [1.82, 2.24) is 14.8 Å². The van der Waals surface area contributed by atoms with Gasteiger partial charge in [-0.05, 0) is 54.4 Å². The Morgan fingerprint density at radius 2 is 1.68 bits per heavy atom. The first kappa shape index (κ1) is 24.7. The Morgan fingerprint density at radius 3 is 2.46 bits per heavy atom. The van der Waals surface area contributed by atoms with Gasteiger partial charge in [0.05, 0.1) is 12.2 Å². The summed E-state index contributed by atoms with van der Waals surface area (Å²) >= 11 is 0. The number of amides is 1. The number of carbonyl (C=O) groups excluding carboxylic acids is 1. The van der Waals surface area contributed by atoms with E-state index in [0.717, 1.165) is 49.8 Å². The number of benzene rings is 3. The highest BCUT2D eigenvalue weighted by molar-refractivity contribution is 6.02. The molecule has 190 valence electrons. The normalized spacial score (nSPS) is 14.4. The number of aromatic nitrogens is 1. The van der Waals surface area contributed by atoms with Gasteiger partial charge in [0, 0.05) is 32.7 Å². The molecule has 2 heterocycles. The second kappa shape index (κ2) is 11.4. The first-order chi connectivity index (χ1) is 18.0. The zero-order chi connectivity index (χ0) is 25.6. The van der Waals surface area contributed by atoms with Crippen LogP contribution in [0.2, 0.25) is 0 Å². The van der Waals surface area contributed by atoms with Crippen molar-refractivity contribution in [3.63, 3.8) is 0 Å². The minimum absolute atomic E-state index is 0.128. The zero-order valence-electron chi connectivity index (χ0n) is 20.7. The van der Waals surface area contributed by atoms with Gasteiger partial charge < -0.3 is 14.5 Å². The SMILES string of the molecule is Cc1ccc(F)c(NC(=O)c2coc(CN3CCN(Cc4cccc(Oc5ccccc5)c4)CC3)n2)c1. The van der Waals surface area contributed by atoms with Gasteiger partial charge in [-0.3, -0.25) is 14.6 Å². The average molecular weight is 501 g/mol. The van der Waals surface area contributed by atoms with Crippen LogP contribution in [-0.2, 0) is 13.1 Å². The summed E-state index contributed by atoms with van der Waals surface area (Å²) in [5, 5.41) is 2.56. The summed E-state index contributed by atoms with van der Waals surface area (Å²) < 4.78 is 25.5. The maximum atomic E-state index is 14.0. The second-order valence-corrected chi connectivity index (χ2v) is 9.18. The molecule has 5 rings (SSSR count). The number of hydrogen-bond donors (Lipinski definition) is 1. The molecule has 0 spiro atoms. The first-order valence-corrected chi connectivity index (χ1v) is 12.3. The number of piperazine rings is 1. The number of nitrogens with one attached hydrogen (secondary N) is 1. The molecule has 1 N–H and O–H groups in total. The third kappa shape index (κ3) is 6.61. The van der Waals surface area contributed by atoms with Crippen LogP contribution in [0.15, 0.2) is 83.5 Å². The quantitative estimate of drug-likeness (QED) is 0.345. The van der Waals surface area contributed by atoms with Gasteiger partial charge in [0.2, 0.25) is 5.89 Å². The number of carbonyl (C=O) groups is 1. The number of ether oxygens (including phenoxy) is 1. The topological polar surface area (TPSA) is 70.8 Å². The van der Waals surface area contributed by atoms with Crippen molar-refractivity contribution in [3.05, 3.63) is 108 Å². The second-order valence-electron chi connectivity index (χ2n) is 9.18. The molecule has 7 nitrogen and oxygen atoms in total. The predicted molar refractivity (Wildman–Crippen MR) is 139 cm³/mol. The lowest BCUT2D eigenvalue weighted by Gasteiger charge is -2.34. The fraction of sp³-hybridized carbons (Fsp3) is 0.241. The van der Waals surface area contributed by atoms with Gasteiger partial charge in [-0.1, -0.05) is 36.4 Å². The van der Waals surface area contributed by atoms with E-state index in [2.05, 4.69) is 32.2 Å². The molecule has 0 aliphatic carbocycles. The zero-order valence-corrected chi connectivity index (χ0v) is 20.7. The molecule has 1 aliphatic rings. The molecular formula is C29H29FN4O3. The maximum Gasteiger partial charge on any atom is 0.277 e. The molecule has 3 aromatic carbocycles. The molecule has 1 fully saturated rings. The van der Waals surface area contributed by atoms with Gasteiger partial charge in [0.25, 0.3) is 5.91 Å². The van der Waals surface area contributed by atoms with Crippen LogP contribution >= 0.6 is 0 Å². The van der Waals surface area contributed by atoms with Crippen molar-refractivity contribution in [3.8, 4) is 11.5 Å². The van der Waals surface area contributed by atoms with Gasteiger partial charge >= 0.3 is 0 Å². The number of oxazole rings is 1. The third-order valence-corrected chi connectivity index (χ3v) is 6.26. The number of rotatable bonds is 8. The van der Waals surface area contributed by atoms with Crippen LogP contribution in [-0.4, -0.2) is 46.9 Å². The number of aryl methyl sites for hydroxylation is 1. The van der Waals surface area contributed by atoms with Crippen LogP contribution in [0.5, 0.6) is 11.5 Å². The van der Waals surface area contributed by atoms with E-state index in [-0.39, 0.29) is 11.4 Å². The van der Waals surface area contributed by atoms with E-state index in [9.17, 15) is 9.18 Å². The first-order valence-electron chi connectivity index (χ1n) is 12.3. The van der Waals surface area contributed by atoms with Gasteiger partial charge in [0.1, 0.15) is 23.6 Å². The summed E-state index contributed by atoms with van der Waals surface area (Å²) in [6, 6.07) is 22.5. The smallest absolute Gasteiger partial charge is 0.277 e. The van der Waals surface area contributed by atoms with E-state index in [1.807, 2.05) is 49.4 Å². The fourth-order valence-corrected chi connectivity index (χ4v) is 4.30. The molecule has 1 amide bonds. The Hall–Kier alpha value is -4.01. The van der Waals surface area contributed by atoms with E-state index >= 15 is 0 Å². The number of nitrogens with zero attached hydrogens (tertiary/aromatic N) is 3. The number of anilines is 1. The summed E-state index contributed by atoms with van der Waals surface area (Å²) in [6.07, 6.45) is 1.32. The van der Waals surface area contributed by atoms with E-state index in [1.165, 1.54) is 17.9 Å². The molecule has 1 saturated heterocycles. The van der Waals surface area contributed by atoms with Crippen LogP contribution in [0, 0.1) is 12.7 Å². The summed E-state index contributed by atoms with van der Waals surface area (Å²) in [5.41, 5.74) is 2.31. The Balaban J connectivity index is 1.10. The minimum Gasteiger partial charge on any atom is -0.457 e. The van der Waals surface area contributed by atoms with E-state index in [1.54, 1.807) is 12.1 Å². The molecule has 0 bridgehead atoms. The Labute approximate surface area is 215 Å². The van der Waals surface area contributed by atoms with Crippen LogP contribution in [0.1, 0.15) is 27.5 Å². The Morgan fingerprint density at radius 1 is 0.946 bits per heavy atom. The van der Waals surface area contributed by atoms with Crippen LogP contribution in [0.4, 0.5) is 10.1 Å². The molecule has 0 saturated carbocycles. The molecular weight excluding hydrogens is 471 g/mol. The highest BCUT2D eigenvalue weighted by Crippen LogP contribution is 2.23. The lowest BCUT2D eigenvalue weighted by Crippen LogP contribution is -2.45. The van der Waals surface area contributed by atoms with Crippen molar-refractivity contribution in [2.24, 2.45) is 0 Å². The lowest BCUT2D eigenvalue weighted by molar-refractivity contribution is 0.102. The van der Waals surface area contributed by atoms with E-state index in [4.69, 9.17) is 9.15 Å². The Kier molecular flexibility index (Phi) is 7.58. The number of halogens is 1. The van der Waals surface area contributed by atoms with E-state index in [0.29, 0.717) is 12.4 Å². The molecule has 1 aromatic heterocycles. The predicted octanol–water partition coefficient (Wildman–Crippen LogP) is 5.48. The summed E-state index contributed by atoms with van der Waals surface area (Å²) in [5.74, 6) is 1.13. The standard InChI is InChI=1S/C29H29FN4O3/c1-21-10-11-25(30)26(16-21)32-29(35)27-20-36-28(31-27)19-34-14-12-33(13-15-34)18-22-6-5-9-24(17-22)37-23-7-3-2-4-8-23/h2-11,16-17,20H,12-15,18-19H2,1H3,(H,32,35). The number of hydrogen-bond acceptors (Lipinski definition) is 6. The minimum atomic E-state index is -0.497. The molecule has 4 aromatic rings. The van der Waals surface area contributed by atoms with Crippen molar-refractivity contribution in [2.45, 2.75) is 20.0 Å². The Bertz CT molecular complexity index is 1350. The molecule has 0 unspecified atom stereocenters. The van der Waals surface area contributed by atoms with Gasteiger partial charge in [0.15, 0.2) is 5.69 Å². The molecule has 8 heteroatoms. The summed E-state index contributed by atoms with van der Waals surface area (Å²) in [4.78, 5) is 21.5. The lowest BCUT2D eigenvalue weighted by atomic mass is 10.2. The molecule has 37 heavy (non-hydrogen) atoms. The molecule has 0 atom stereocenters. The van der Waals surface area contributed by atoms with Gasteiger partial charge in [-0.25, -0.2) is 9.37 Å². The van der Waals surface area contributed by atoms with Crippen molar-refractivity contribution < 1.29 is 18.3 Å². The van der Waals surface area contributed by atoms with Crippen molar-refractivity contribution in [2.75, 3.05) is 31.5 Å². The van der Waals surface area contributed by atoms with Crippen molar-refractivity contribution in [1.29, 1.82) is 0 Å². The van der Waals surface area contributed by atoms with Gasteiger partial charge in [-0.2, -0.15) is 0 Å². The molecule has 0 radical (unpaired) electrons. The van der Waals surface area contributed by atoms with Gasteiger partial charge in [-0.15, -0.1) is 0 Å². The molecule has 1 aliphatic heterocycles. The van der Waals surface area contributed by atoms with Crippen LogP contribution in [0.25, 0.3) is 0 Å². The third-order valence-electron chi connectivity index (χ3n) is 6.26. The highest BCUT2D eigenvalue weighted by atomic mass is 19.1. The van der Waals surface area contributed by atoms with Crippen LogP contribution in [0.3, 0.4) is 0 Å². The summed E-state index contributed by atoms with van der Waals surface area (Å²) in [7, 11) is 0. The monoisotopic (exact) mass is 500 g/mol. The van der Waals surface area contributed by atoms with Crippen LogP contribution < -0.4 is 10.1 Å². The average Bonchev–Trinajstić information content (AvgIpc) is 3.37. The fourth-order valence-electron chi connectivity index (χ4n) is 4.30. The highest BCUT2D eigenvalue weighted by Gasteiger charge is 2.20. The largest absolute Gasteiger partial charge is 0.457 e. The summed E-state index contributed by atoms with van der Waals surface area (Å²) in [6.45, 7) is 6.73.